The minimum absolute atomic E-state index is 0.0944. The van der Waals surface area contributed by atoms with Crippen LogP contribution < -0.4 is 4.74 Å². The molecule has 2 aromatic rings. The second-order valence-corrected chi connectivity index (χ2v) is 5.11. The van der Waals surface area contributed by atoms with Crippen molar-refractivity contribution in [1.29, 1.82) is 0 Å². The van der Waals surface area contributed by atoms with Crippen molar-refractivity contribution in [3.8, 4) is 5.75 Å². The molecule has 3 nitrogen and oxygen atoms in total. The summed E-state index contributed by atoms with van der Waals surface area (Å²) in [7, 11) is 1.62. The lowest BCUT2D eigenvalue weighted by atomic mass is 10.0. The monoisotopic (exact) mass is 319 g/mol. The summed E-state index contributed by atoms with van der Waals surface area (Å²) in [5, 5.41) is 0. The molecule has 0 radical (unpaired) electrons. The summed E-state index contributed by atoms with van der Waals surface area (Å²) in [5.41, 5.74) is 2.58. The number of aromatic nitrogens is 1. The zero-order chi connectivity index (χ0) is 13.8. The Morgan fingerprint density at radius 3 is 2.79 bits per heavy atom. The highest BCUT2D eigenvalue weighted by Gasteiger charge is 2.11. The summed E-state index contributed by atoms with van der Waals surface area (Å²) in [6.45, 7) is 1.89. The molecule has 98 valence electrons. The third kappa shape index (κ3) is 3.20. The zero-order valence-corrected chi connectivity index (χ0v) is 12.4. The summed E-state index contributed by atoms with van der Waals surface area (Å²) >= 11 is 3.42. The number of benzene rings is 1. The number of hydrogen-bond donors (Lipinski definition) is 0. The van der Waals surface area contributed by atoms with Crippen LogP contribution in [-0.4, -0.2) is 17.9 Å². The van der Waals surface area contributed by atoms with Gasteiger partial charge in [-0.3, -0.25) is 9.78 Å². The van der Waals surface area contributed by atoms with Gasteiger partial charge in [-0.15, -0.1) is 0 Å². The van der Waals surface area contributed by atoms with Crippen LogP contribution in [0.5, 0.6) is 5.75 Å². The van der Waals surface area contributed by atoms with Crippen LogP contribution in [0.15, 0.2) is 41.1 Å². The Bertz CT molecular complexity index is 611. The molecule has 0 fully saturated rings. The van der Waals surface area contributed by atoms with Gasteiger partial charge in [-0.25, -0.2) is 0 Å². The number of pyridine rings is 1. The van der Waals surface area contributed by atoms with Gasteiger partial charge in [0.05, 0.1) is 11.6 Å². The molecule has 0 aliphatic heterocycles. The number of halogens is 1. The van der Waals surface area contributed by atoms with E-state index in [0.29, 0.717) is 6.42 Å². The molecule has 0 saturated heterocycles. The summed E-state index contributed by atoms with van der Waals surface area (Å²) in [6, 6.07) is 7.42. The average Bonchev–Trinajstić information content (AvgIpc) is 2.39. The van der Waals surface area contributed by atoms with Gasteiger partial charge >= 0.3 is 0 Å². The lowest BCUT2D eigenvalue weighted by molar-refractivity contribution is 0.0992. The van der Waals surface area contributed by atoms with Gasteiger partial charge in [0.25, 0.3) is 0 Å². The van der Waals surface area contributed by atoms with Crippen LogP contribution in [0.2, 0.25) is 0 Å². The van der Waals surface area contributed by atoms with E-state index in [2.05, 4.69) is 20.9 Å². The molecule has 0 bridgehead atoms. The molecule has 0 unspecified atom stereocenters. The first-order valence-corrected chi connectivity index (χ1v) is 6.67. The maximum Gasteiger partial charge on any atom is 0.167 e. The van der Waals surface area contributed by atoms with Crippen molar-refractivity contribution in [3.05, 3.63) is 57.8 Å². The molecule has 0 amide bonds. The Labute approximate surface area is 120 Å². The predicted molar refractivity (Wildman–Crippen MR) is 77.7 cm³/mol. The van der Waals surface area contributed by atoms with E-state index in [1.54, 1.807) is 25.6 Å². The van der Waals surface area contributed by atoms with Crippen LogP contribution in [0, 0.1) is 6.92 Å². The maximum absolute atomic E-state index is 12.2. The first kappa shape index (κ1) is 13.7. The average molecular weight is 320 g/mol. The molecule has 2 rings (SSSR count). The number of aryl methyl sites for hydroxylation is 1. The van der Waals surface area contributed by atoms with Crippen LogP contribution in [0.1, 0.15) is 21.5 Å². The van der Waals surface area contributed by atoms with Crippen molar-refractivity contribution in [2.75, 3.05) is 7.11 Å². The quantitative estimate of drug-likeness (QED) is 0.808. The Hall–Kier alpha value is -1.68. The number of ether oxygens (including phenoxy) is 1. The van der Waals surface area contributed by atoms with Crippen molar-refractivity contribution >= 4 is 21.7 Å². The van der Waals surface area contributed by atoms with Gasteiger partial charge in [-0.05, 0) is 52.2 Å². The fraction of sp³-hybridized carbons (Fsp3) is 0.200. The topological polar surface area (TPSA) is 39.2 Å². The molecule has 0 spiro atoms. The normalized spacial score (nSPS) is 10.3. The number of ketones is 1. The van der Waals surface area contributed by atoms with E-state index in [1.165, 1.54) is 0 Å². The first-order valence-electron chi connectivity index (χ1n) is 5.88. The molecule has 1 aromatic heterocycles. The number of Topliss-reactive ketones (excluding diaryl/α,β-unsaturated/α-hetero) is 1. The van der Waals surface area contributed by atoms with Crippen LogP contribution in [0.3, 0.4) is 0 Å². The molecule has 0 aliphatic carbocycles. The van der Waals surface area contributed by atoms with Crippen LogP contribution in [-0.2, 0) is 6.42 Å². The Morgan fingerprint density at radius 1 is 1.37 bits per heavy atom. The Balaban J connectivity index is 2.20. The summed E-state index contributed by atoms with van der Waals surface area (Å²) in [6.07, 6.45) is 3.72. The smallest absolute Gasteiger partial charge is 0.167 e. The molecule has 19 heavy (non-hydrogen) atoms. The summed E-state index contributed by atoms with van der Waals surface area (Å²) in [4.78, 5) is 16.2. The Morgan fingerprint density at radius 2 is 2.16 bits per heavy atom. The standard InChI is InChI=1S/C15H14BrNO2/c1-10-9-17-6-5-12(10)14(18)8-11-3-4-15(19-2)13(16)7-11/h3-7,9H,8H2,1-2H3. The third-order valence-electron chi connectivity index (χ3n) is 2.90. The third-order valence-corrected chi connectivity index (χ3v) is 3.52. The molecular formula is C15H14BrNO2. The summed E-state index contributed by atoms with van der Waals surface area (Å²) < 4.78 is 6.02. The van der Waals surface area contributed by atoms with Crippen LogP contribution in [0.25, 0.3) is 0 Å². The van der Waals surface area contributed by atoms with Crippen LogP contribution in [0.4, 0.5) is 0 Å². The summed E-state index contributed by atoms with van der Waals surface area (Å²) in [5.74, 6) is 0.855. The van der Waals surface area contributed by atoms with Crippen molar-refractivity contribution in [2.45, 2.75) is 13.3 Å². The molecule has 0 aliphatic rings. The number of carbonyl (C=O) groups excluding carboxylic acids is 1. The van der Waals surface area contributed by atoms with Gasteiger partial charge in [0, 0.05) is 24.4 Å². The lowest BCUT2D eigenvalue weighted by Gasteiger charge is -2.07. The molecule has 0 N–H and O–H groups in total. The van der Waals surface area contributed by atoms with Gasteiger partial charge < -0.3 is 4.74 Å². The van der Waals surface area contributed by atoms with Gasteiger partial charge in [0.2, 0.25) is 0 Å². The highest BCUT2D eigenvalue weighted by molar-refractivity contribution is 9.10. The van der Waals surface area contributed by atoms with Gasteiger partial charge in [-0.2, -0.15) is 0 Å². The first-order chi connectivity index (χ1) is 9.11. The molecule has 4 heteroatoms. The van der Waals surface area contributed by atoms with Crippen molar-refractivity contribution in [1.82, 2.24) is 4.98 Å². The molecule has 1 aromatic carbocycles. The van der Waals surface area contributed by atoms with E-state index in [9.17, 15) is 4.79 Å². The minimum atomic E-state index is 0.0944. The SMILES string of the molecule is COc1ccc(CC(=O)c2ccncc2C)cc1Br. The highest BCUT2D eigenvalue weighted by Crippen LogP contribution is 2.26. The van der Waals surface area contributed by atoms with E-state index in [4.69, 9.17) is 4.74 Å². The van der Waals surface area contributed by atoms with E-state index >= 15 is 0 Å². The second kappa shape index (κ2) is 5.97. The van der Waals surface area contributed by atoms with Gasteiger partial charge in [-0.1, -0.05) is 6.07 Å². The largest absolute Gasteiger partial charge is 0.496 e. The second-order valence-electron chi connectivity index (χ2n) is 4.26. The van der Waals surface area contributed by atoms with E-state index < -0.39 is 0 Å². The molecular weight excluding hydrogens is 306 g/mol. The number of rotatable bonds is 4. The number of methoxy groups -OCH3 is 1. The predicted octanol–water partition coefficient (Wildman–Crippen LogP) is 3.59. The van der Waals surface area contributed by atoms with E-state index in [0.717, 1.165) is 26.9 Å². The van der Waals surface area contributed by atoms with Crippen molar-refractivity contribution in [3.63, 3.8) is 0 Å². The molecule has 0 saturated carbocycles. The van der Waals surface area contributed by atoms with Crippen LogP contribution >= 0.6 is 15.9 Å². The Kier molecular flexibility index (Phi) is 4.32. The van der Waals surface area contributed by atoms with Crippen molar-refractivity contribution < 1.29 is 9.53 Å². The zero-order valence-electron chi connectivity index (χ0n) is 10.8. The number of nitrogens with zero attached hydrogens (tertiary/aromatic N) is 1. The number of carbonyl (C=O) groups is 1. The van der Waals surface area contributed by atoms with Crippen molar-refractivity contribution in [2.24, 2.45) is 0 Å². The minimum Gasteiger partial charge on any atom is -0.496 e. The maximum atomic E-state index is 12.2. The molecule has 0 atom stereocenters. The number of hydrogen-bond acceptors (Lipinski definition) is 3. The lowest BCUT2D eigenvalue weighted by Crippen LogP contribution is -2.06. The van der Waals surface area contributed by atoms with E-state index in [1.807, 2.05) is 25.1 Å². The fourth-order valence-corrected chi connectivity index (χ4v) is 2.47. The highest BCUT2D eigenvalue weighted by atomic mass is 79.9. The molecule has 1 heterocycles. The van der Waals surface area contributed by atoms with Gasteiger partial charge in [0.15, 0.2) is 5.78 Å². The fourth-order valence-electron chi connectivity index (χ4n) is 1.89. The van der Waals surface area contributed by atoms with E-state index in [-0.39, 0.29) is 5.78 Å². The van der Waals surface area contributed by atoms with Gasteiger partial charge in [0.1, 0.15) is 5.75 Å².